The van der Waals surface area contributed by atoms with E-state index in [1.807, 2.05) is 30.3 Å². The molecule has 4 N–H and O–H groups in total. The summed E-state index contributed by atoms with van der Waals surface area (Å²) >= 11 is 0. The first-order chi connectivity index (χ1) is 20.4. The highest BCUT2D eigenvalue weighted by Crippen LogP contribution is 2.51. The van der Waals surface area contributed by atoms with E-state index >= 15 is 0 Å². The Balaban J connectivity index is 1.53. The van der Waals surface area contributed by atoms with Gasteiger partial charge in [0.15, 0.2) is 11.5 Å². The summed E-state index contributed by atoms with van der Waals surface area (Å²) in [6.45, 7) is 0.199. The van der Waals surface area contributed by atoms with Crippen LogP contribution in [-0.2, 0) is 20.7 Å². The van der Waals surface area contributed by atoms with E-state index in [0.717, 1.165) is 16.6 Å². The standard InChI is InChI=1S/C31H35N3O8/c1-40-12-8-26(37)34(10-7-20-15-19-5-3-4-6-23(19)33-20)24-16-22(31(39)32-9-11-35)27-21-13-18(17-36)14-25(41-2)29(21)42-30(27)28(24)38/h3-6,13-17,24,27-28,30,33,35,38H,7-12H2,1-2H3,(H,32,39)/t24-,27+,28+,30+/m1/s1. The monoisotopic (exact) mass is 577 g/mol. The van der Waals surface area contributed by atoms with Crippen molar-refractivity contribution in [3.8, 4) is 11.5 Å². The number of H-pyrrole nitrogens is 1. The van der Waals surface area contributed by atoms with Crippen LogP contribution in [0.5, 0.6) is 11.5 Å². The molecular formula is C31H35N3O8. The fourth-order valence-corrected chi connectivity index (χ4v) is 5.84. The lowest BCUT2D eigenvalue weighted by Crippen LogP contribution is -2.56. The summed E-state index contributed by atoms with van der Waals surface area (Å²) in [6, 6.07) is 12.1. The number of hydrogen-bond donors (Lipinski definition) is 4. The summed E-state index contributed by atoms with van der Waals surface area (Å²) in [5.41, 5.74) is 3.02. The normalized spacial score (nSPS) is 20.7. The number of fused-ring (bicyclic) bond motifs is 4. The molecule has 1 aliphatic carbocycles. The van der Waals surface area contributed by atoms with Gasteiger partial charge in [-0.15, -0.1) is 0 Å². The van der Waals surface area contributed by atoms with Crippen molar-refractivity contribution in [2.24, 2.45) is 0 Å². The van der Waals surface area contributed by atoms with E-state index in [2.05, 4.69) is 10.3 Å². The summed E-state index contributed by atoms with van der Waals surface area (Å²) in [6.07, 6.45) is 0.683. The van der Waals surface area contributed by atoms with Gasteiger partial charge in [-0.2, -0.15) is 0 Å². The van der Waals surface area contributed by atoms with Gasteiger partial charge in [-0.25, -0.2) is 0 Å². The number of para-hydroxylation sites is 1. The highest BCUT2D eigenvalue weighted by atomic mass is 16.5. The summed E-state index contributed by atoms with van der Waals surface area (Å²) in [4.78, 5) is 43.6. The molecule has 0 saturated carbocycles. The second kappa shape index (κ2) is 12.8. The number of aromatic nitrogens is 1. The molecule has 222 valence electrons. The minimum absolute atomic E-state index is 0.0169. The number of methoxy groups -OCH3 is 2. The molecule has 0 saturated heterocycles. The highest BCUT2D eigenvalue weighted by molar-refractivity contribution is 5.96. The molecule has 11 heteroatoms. The molecule has 0 unspecified atom stereocenters. The molecular weight excluding hydrogens is 542 g/mol. The third-order valence-electron chi connectivity index (χ3n) is 7.82. The van der Waals surface area contributed by atoms with E-state index in [4.69, 9.17) is 14.2 Å². The number of benzene rings is 2. The molecule has 0 fully saturated rings. The Hall–Kier alpha value is -4.19. The topological polar surface area (TPSA) is 150 Å². The number of carbonyl (C=O) groups is 3. The number of aliphatic hydroxyl groups is 2. The lowest BCUT2D eigenvalue weighted by Gasteiger charge is -2.40. The molecule has 4 atom stereocenters. The van der Waals surface area contributed by atoms with Gasteiger partial charge in [-0.1, -0.05) is 18.2 Å². The second-order valence-corrected chi connectivity index (χ2v) is 10.4. The van der Waals surface area contributed by atoms with Gasteiger partial charge in [0.05, 0.1) is 38.7 Å². The maximum atomic E-state index is 13.5. The molecule has 2 heterocycles. The third-order valence-corrected chi connectivity index (χ3v) is 7.82. The first kappa shape index (κ1) is 29.3. The number of aromatic amines is 1. The average molecular weight is 578 g/mol. The zero-order chi connectivity index (χ0) is 29.8. The first-order valence-corrected chi connectivity index (χ1v) is 13.9. The Morgan fingerprint density at radius 1 is 1.19 bits per heavy atom. The number of rotatable bonds is 12. The largest absolute Gasteiger partial charge is 0.493 e. The van der Waals surface area contributed by atoms with Gasteiger partial charge in [-0.05, 0) is 35.7 Å². The summed E-state index contributed by atoms with van der Waals surface area (Å²) in [7, 11) is 2.95. The Morgan fingerprint density at radius 3 is 2.71 bits per heavy atom. The zero-order valence-corrected chi connectivity index (χ0v) is 23.5. The Labute approximate surface area is 243 Å². The predicted molar refractivity (Wildman–Crippen MR) is 154 cm³/mol. The van der Waals surface area contributed by atoms with Gasteiger partial charge < -0.3 is 39.6 Å². The van der Waals surface area contributed by atoms with Crippen LogP contribution in [-0.4, -0.2) is 97.0 Å². The SMILES string of the molecule is COCCC(=O)N(CCc1cc2ccccc2[nH]1)[C@@H]1C=C(C(=O)NCCO)[C@@H]2c3cc(C=O)cc(OC)c3O[C@@H]2[C@H]1O. The Kier molecular flexibility index (Phi) is 8.91. The maximum Gasteiger partial charge on any atom is 0.247 e. The molecule has 0 spiro atoms. The highest BCUT2D eigenvalue weighted by Gasteiger charge is 2.51. The van der Waals surface area contributed by atoms with Crippen LogP contribution in [0.2, 0.25) is 0 Å². The summed E-state index contributed by atoms with van der Waals surface area (Å²) in [5, 5.41) is 24.8. The molecule has 0 bridgehead atoms. The Bertz CT molecular complexity index is 1470. The molecule has 2 aliphatic rings. The number of ether oxygens (including phenoxy) is 3. The minimum Gasteiger partial charge on any atom is -0.493 e. The predicted octanol–water partition coefficient (Wildman–Crippen LogP) is 1.72. The minimum atomic E-state index is -1.21. The van der Waals surface area contributed by atoms with Crippen molar-refractivity contribution in [3.05, 3.63) is 70.9 Å². The van der Waals surface area contributed by atoms with Crippen molar-refractivity contribution in [1.29, 1.82) is 0 Å². The van der Waals surface area contributed by atoms with Crippen molar-refractivity contribution in [1.82, 2.24) is 15.2 Å². The molecule has 3 aromatic rings. The first-order valence-electron chi connectivity index (χ1n) is 13.9. The van der Waals surface area contributed by atoms with Gasteiger partial charge >= 0.3 is 0 Å². The van der Waals surface area contributed by atoms with Gasteiger partial charge in [0, 0.05) is 54.5 Å². The van der Waals surface area contributed by atoms with Crippen molar-refractivity contribution < 1.29 is 38.8 Å². The maximum absolute atomic E-state index is 13.5. The van der Waals surface area contributed by atoms with E-state index in [1.165, 1.54) is 20.3 Å². The molecule has 1 aromatic heterocycles. The molecule has 42 heavy (non-hydrogen) atoms. The zero-order valence-electron chi connectivity index (χ0n) is 23.5. The molecule has 5 rings (SSSR count). The molecule has 1 aliphatic heterocycles. The van der Waals surface area contributed by atoms with Crippen LogP contribution in [0.1, 0.15) is 34.0 Å². The number of hydrogen-bond acceptors (Lipinski definition) is 8. The van der Waals surface area contributed by atoms with Gasteiger partial charge in [-0.3, -0.25) is 14.4 Å². The quantitative estimate of drug-likeness (QED) is 0.238. The summed E-state index contributed by atoms with van der Waals surface area (Å²) in [5.74, 6) is -0.826. The van der Waals surface area contributed by atoms with Crippen LogP contribution >= 0.6 is 0 Å². The van der Waals surface area contributed by atoms with Crippen molar-refractivity contribution in [3.63, 3.8) is 0 Å². The van der Waals surface area contributed by atoms with Crippen LogP contribution in [0.4, 0.5) is 0 Å². The smallest absolute Gasteiger partial charge is 0.247 e. The Morgan fingerprint density at radius 2 is 2.00 bits per heavy atom. The van der Waals surface area contributed by atoms with Crippen LogP contribution in [0.15, 0.2) is 54.1 Å². The number of nitrogens with one attached hydrogen (secondary N) is 2. The van der Waals surface area contributed by atoms with Crippen molar-refractivity contribution >= 4 is 29.0 Å². The van der Waals surface area contributed by atoms with Gasteiger partial charge in [0.25, 0.3) is 0 Å². The van der Waals surface area contributed by atoms with Gasteiger partial charge in [0.1, 0.15) is 18.5 Å². The number of amides is 2. The van der Waals surface area contributed by atoms with E-state index in [1.54, 1.807) is 17.0 Å². The number of aldehydes is 1. The van der Waals surface area contributed by atoms with E-state index in [-0.39, 0.29) is 44.2 Å². The lowest BCUT2D eigenvalue weighted by molar-refractivity contribution is -0.138. The van der Waals surface area contributed by atoms with E-state index in [9.17, 15) is 24.6 Å². The number of nitrogens with zero attached hydrogens (tertiary/aromatic N) is 1. The van der Waals surface area contributed by atoms with Crippen LogP contribution in [0.3, 0.4) is 0 Å². The van der Waals surface area contributed by atoms with Crippen LogP contribution in [0.25, 0.3) is 10.9 Å². The van der Waals surface area contributed by atoms with Gasteiger partial charge in [0.2, 0.25) is 11.8 Å². The van der Waals surface area contributed by atoms with E-state index < -0.39 is 30.1 Å². The fraction of sp³-hybridized carbons (Fsp3) is 0.387. The van der Waals surface area contributed by atoms with Crippen LogP contribution < -0.4 is 14.8 Å². The number of carbonyl (C=O) groups excluding carboxylic acids is 3. The molecule has 2 aromatic carbocycles. The molecule has 2 amide bonds. The second-order valence-electron chi connectivity index (χ2n) is 10.4. The summed E-state index contributed by atoms with van der Waals surface area (Å²) < 4.78 is 16.9. The molecule has 11 nitrogen and oxygen atoms in total. The van der Waals surface area contributed by atoms with Crippen molar-refractivity contribution in [2.75, 3.05) is 40.5 Å². The van der Waals surface area contributed by atoms with Crippen LogP contribution in [0, 0.1) is 0 Å². The lowest BCUT2D eigenvalue weighted by atomic mass is 9.77. The average Bonchev–Trinajstić information content (AvgIpc) is 3.61. The van der Waals surface area contributed by atoms with E-state index in [0.29, 0.717) is 35.3 Å². The molecule has 0 radical (unpaired) electrons. The van der Waals surface area contributed by atoms with Crippen molar-refractivity contribution in [2.45, 2.75) is 37.0 Å². The fourth-order valence-electron chi connectivity index (χ4n) is 5.84. The number of aliphatic hydroxyl groups excluding tert-OH is 2. The third kappa shape index (κ3) is 5.63.